The van der Waals surface area contributed by atoms with E-state index < -0.39 is 21.0 Å². The van der Waals surface area contributed by atoms with Gasteiger partial charge in [-0.25, -0.2) is 13.4 Å². The number of aryl methyl sites for hydroxylation is 2. The maximum absolute atomic E-state index is 11.8. The Morgan fingerprint density at radius 2 is 1.82 bits per heavy atom. The fourth-order valence-electron chi connectivity index (χ4n) is 1.73. The molecular weight excluding hydrogens is 304 g/mol. The van der Waals surface area contributed by atoms with Gasteiger partial charge < -0.3 is 9.73 Å². The van der Waals surface area contributed by atoms with Crippen LogP contribution in [0.4, 0.5) is 5.69 Å². The normalized spacial score (nSPS) is 12.9. The van der Waals surface area contributed by atoms with Crippen LogP contribution < -0.4 is 5.32 Å². The second-order valence-electron chi connectivity index (χ2n) is 5.20. The van der Waals surface area contributed by atoms with Gasteiger partial charge in [0.15, 0.2) is 9.84 Å². The highest BCUT2D eigenvalue weighted by Crippen LogP contribution is 2.23. The molecule has 118 valence electrons. The summed E-state index contributed by atoms with van der Waals surface area (Å²) in [4.78, 5) is 16.1. The smallest absolute Gasteiger partial charge is 0.242 e. The standard InChI is InChI=1S/C15H18N2O4S/c1-9-10(2)21-15(16-9)12-5-7-13(8-6-12)17-14(18)11(3)22(4,19)20/h5-8,11H,1-4H3,(H,17,18). The summed E-state index contributed by atoms with van der Waals surface area (Å²) in [6.07, 6.45) is 1.04. The molecule has 1 N–H and O–H groups in total. The number of rotatable bonds is 4. The van der Waals surface area contributed by atoms with E-state index in [9.17, 15) is 13.2 Å². The van der Waals surface area contributed by atoms with Crippen LogP contribution in [0.3, 0.4) is 0 Å². The summed E-state index contributed by atoms with van der Waals surface area (Å²) in [6.45, 7) is 5.06. The molecule has 1 heterocycles. The molecule has 0 bridgehead atoms. The first-order chi connectivity index (χ1) is 10.2. The van der Waals surface area contributed by atoms with Crippen LogP contribution in [-0.4, -0.2) is 30.8 Å². The molecule has 0 aliphatic heterocycles. The summed E-state index contributed by atoms with van der Waals surface area (Å²) in [5.74, 6) is 0.713. The first-order valence-corrected chi connectivity index (χ1v) is 8.68. The molecule has 22 heavy (non-hydrogen) atoms. The number of oxazole rings is 1. The average molecular weight is 322 g/mol. The molecule has 0 aliphatic carbocycles. The number of carbonyl (C=O) groups excluding carboxylic acids is 1. The Hall–Kier alpha value is -2.15. The zero-order chi connectivity index (χ0) is 16.5. The molecule has 0 saturated carbocycles. The van der Waals surface area contributed by atoms with Crippen molar-refractivity contribution >= 4 is 21.4 Å². The third-order valence-corrected chi connectivity index (χ3v) is 4.94. The molecule has 1 aromatic heterocycles. The van der Waals surface area contributed by atoms with E-state index in [1.807, 2.05) is 13.8 Å². The largest absolute Gasteiger partial charge is 0.441 e. The number of sulfone groups is 1. The number of benzene rings is 1. The number of aromatic nitrogens is 1. The minimum absolute atomic E-state index is 0.511. The quantitative estimate of drug-likeness (QED) is 0.933. The third-order valence-electron chi connectivity index (χ3n) is 3.44. The van der Waals surface area contributed by atoms with Crippen molar-refractivity contribution in [2.24, 2.45) is 0 Å². The van der Waals surface area contributed by atoms with Crippen LogP contribution in [0.15, 0.2) is 28.7 Å². The van der Waals surface area contributed by atoms with Gasteiger partial charge in [-0.1, -0.05) is 0 Å². The van der Waals surface area contributed by atoms with E-state index in [0.717, 1.165) is 23.3 Å². The topological polar surface area (TPSA) is 89.3 Å². The van der Waals surface area contributed by atoms with E-state index in [2.05, 4.69) is 10.3 Å². The van der Waals surface area contributed by atoms with Crippen LogP contribution >= 0.6 is 0 Å². The van der Waals surface area contributed by atoms with Crippen molar-refractivity contribution in [1.82, 2.24) is 4.98 Å². The van der Waals surface area contributed by atoms with E-state index in [1.165, 1.54) is 6.92 Å². The fraction of sp³-hybridized carbons (Fsp3) is 0.333. The SMILES string of the molecule is Cc1nc(-c2ccc(NC(=O)C(C)S(C)(=O)=O)cc2)oc1C. The Kier molecular flexibility index (Phi) is 4.37. The van der Waals surface area contributed by atoms with Gasteiger partial charge in [-0.05, 0) is 45.0 Å². The number of carbonyl (C=O) groups is 1. The van der Waals surface area contributed by atoms with Crippen molar-refractivity contribution in [2.45, 2.75) is 26.0 Å². The zero-order valence-corrected chi connectivity index (χ0v) is 13.7. The van der Waals surface area contributed by atoms with E-state index in [4.69, 9.17) is 4.42 Å². The maximum atomic E-state index is 11.8. The van der Waals surface area contributed by atoms with Crippen molar-refractivity contribution in [1.29, 1.82) is 0 Å². The lowest BCUT2D eigenvalue weighted by Crippen LogP contribution is -2.31. The van der Waals surface area contributed by atoms with Crippen molar-refractivity contribution < 1.29 is 17.6 Å². The highest BCUT2D eigenvalue weighted by atomic mass is 32.2. The lowest BCUT2D eigenvalue weighted by atomic mass is 10.2. The molecule has 7 heteroatoms. The van der Waals surface area contributed by atoms with Gasteiger partial charge >= 0.3 is 0 Å². The van der Waals surface area contributed by atoms with Crippen LogP contribution in [0, 0.1) is 13.8 Å². The summed E-state index contributed by atoms with van der Waals surface area (Å²) in [5, 5.41) is 1.48. The lowest BCUT2D eigenvalue weighted by molar-refractivity contribution is -0.115. The Morgan fingerprint density at radius 1 is 1.23 bits per heavy atom. The number of hydrogen-bond acceptors (Lipinski definition) is 5. The predicted octanol–water partition coefficient (Wildman–Crippen LogP) is 2.33. The van der Waals surface area contributed by atoms with Gasteiger partial charge in [0.2, 0.25) is 11.8 Å². The molecule has 2 rings (SSSR count). The van der Waals surface area contributed by atoms with Crippen LogP contribution in [0.2, 0.25) is 0 Å². The Bertz CT molecular complexity index is 772. The Labute approximate surface area is 129 Å². The monoisotopic (exact) mass is 322 g/mol. The average Bonchev–Trinajstić information content (AvgIpc) is 2.77. The molecule has 1 aromatic carbocycles. The van der Waals surface area contributed by atoms with Gasteiger partial charge in [0.25, 0.3) is 0 Å². The maximum Gasteiger partial charge on any atom is 0.242 e. The number of nitrogens with zero attached hydrogens (tertiary/aromatic N) is 1. The second-order valence-corrected chi connectivity index (χ2v) is 7.57. The minimum atomic E-state index is -3.41. The highest BCUT2D eigenvalue weighted by Gasteiger charge is 2.23. The first-order valence-electron chi connectivity index (χ1n) is 6.72. The van der Waals surface area contributed by atoms with Crippen LogP contribution in [0.5, 0.6) is 0 Å². The minimum Gasteiger partial charge on any atom is -0.441 e. The van der Waals surface area contributed by atoms with Crippen LogP contribution in [0.25, 0.3) is 11.5 Å². The van der Waals surface area contributed by atoms with Gasteiger partial charge in [-0.15, -0.1) is 0 Å². The summed E-state index contributed by atoms with van der Waals surface area (Å²) in [6, 6.07) is 6.87. The molecule has 0 spiro atoms. The van der Waals surface area contributed by atoms with Crippen molar-refractivity contribution in [3.63, 3.8) is 0 Å². The molecule has 2 aromatic rings. The van der Waals surface area contributed by atoms with E-state index in [0.29, 0.717) is 11.6 Å². The fourth-order valence-corrected chi connectivity index (χ4v) is 2.18. The van der Waals surface area contributed by atoms with Gasteiger partial charge in [0, 0.05) is 17.5 Å². The number of anilines is 1. The number of amides is 1. The van der Waals surface area contributed by atoms with Crippen molar-refractivity contribution in [3.05, 3.63) is 35.7 Å². The summed E-state index contributed by atoms with van der Waals surface area (Å²) in [5.41, 5.74) is 2.13. The molecular formula is C15H18N2O4S. The molecule has 0 fully saturated rings. The van der Waals surface area contributed by atoms with E-state index in [1.54, 1.807) is 24.3 Å². The summed E-state index contributed by atoms with van der Waals surface area (Å²) < 4.78 is 28.2. The second kappa shape index (κ2) is 5.92. The number of hydrogen-bond donors (Lipinski definition) is 1. The molecule has 6 nitrogen and oxygen atoms in total. The summed E-state index contributed by atoms with van der Waals surface area (Å²) in [7, 11) is -3.41. The molecule has 0 radical (unpaired) electrons. The molecule has 1 atom stereocenters. The van der Waals surface area contributed by atoms with Gasteiger partial charge in [-0.2, -0.15) is 0 Å². The van der Waals surface area contributed by atoms with Gasteiger partial charge in [-0.3, -0.25) is 4.79 Å². The Morgan fingerprint density at radius 3 is 2.27 bits per heavy atom. The molecule has 0 aliphatic rings. The van der Waals surface area contributed by atoms with E-state index in [-0.39, 0.29) is 0 Å². The summed E-state index contributed by atoms with van der Waals surface area (Å²) >= 11 is 0. The molecule has 1 amide bonds. The molecule has 0 saturated heterocycles. The van der Waals surface area contributed by atoms with Gasteiger partial charge in [0.1, 0.15) is 11.0 Å². The number of nitrogens with one attached hydrogen (secondary N) is 1. The van der Waals surface area contributed by atoms with E-state index >= 15 is 0 Å². The van der Waals surface area contributed by atoms with Crippen molar-refractivity contribution in [3.8, 4) is 11.5 Å². The van der Waals surface area contributed by atoms with Crippen LogP contribution in [-0.2, 0) is 14.6 Å². The van der Waals surface area contributed by atoms with Crippen molar-refractivity contribution in [2.75, 3.05) is 11.6 Å². The van der Waals surface area contributed by atoms with Crippen LogP contribution in [0.1, 0.15) is 18.4 Å². The highest BCUT2D eigenvalue weighted by molar-refractivity contribution is 7.92. The molecule has 1 unspecified atom stereocenters. The predicted molar refractivity (Wildman–Crippen MR) is 84.3 cm³/mol. The van der Waals surface area contributed by atoms with Gasteiger partial charge in [0.05, 0.1) is 5.69 Å². The third kappa shape index (κ3) is 3.54. The Balaban J connectivity index is 2.14. The zero-order valence-electron chi connectivity index (χ0n) is 12.9. The first kappa shape index (κ1) is 16.2. The lowest BCUT2D eigenvalue weighted by Gasteiger charge is -2.10.